The van der Waals surface area contributed by atoms with E-state index in [4.69, 9.17) is 22.2 Å². The minimum Gasteiger partial charge on any atom is -0.370 e. The van der Waals surface area contributed by atoms with Crippen LogP contribution in [-0.2, 0) is 10.5 Å². The van der Waals surface area contributed by atoms with E-state index in [-0.39, 0.29) is 6.10 Å². The van der Waals surface area contributed by atoms with Gasteiger partial charge in [-0.25, -0.2) is 9.66 Å². The molecule has 8 heteroatoms. The molecule has 6 nitrogen and oxygen atoms in total. The second-order valence-electron chi connectivity index (χ2n) is 4.84. The lowest BCUT2D eigenvalue weighted by atomic mass is 10.1. The van der Waals surface area contributed by atoms with Gasteiger partial charge >= 0.3 is 0 Å². The smallest absolute Gasteiger partial charge is 0.210 e. The molecule has 1 saturated heterocycles. The Balaban J connectivity index is 1.67. The lowest BCUT2D eigenvalue weighted by Gasteiger charge is -2.21. The first-order valence-electron chi connectivity index (χ1n) is 6.79. The number of halogens is 1. The summed E-state index contributed by atoms with van der Waals surface area (Å²) in [6.07, 6.45) is 4.82. The molecule has 0 aromatic carbocycles. The zero-order chi connectivity index (χ0) is 14.7. The van der Waals surface area contributed by atoms with E-state index in [1.807, 2.05) is 12.1 Å². The Labute approximate surface area is 132 Å². The molecule has 0 unspecified atom stereocenters. The average Bonchev–Trinajstić information content (AvgIpc) is 2.87. The van der Waals surface area contributed by atoms with Crippen molar-refractivity contribution in [2.75, 3.05) is 12.4 Å². The zero-order valence-corrected chi connectivity index (χ0v) is 13.0. The highest BCUT2D eigenvalue weighted by molar-refractivity contribution is 7.98. The van der Waals surface area contributed by atoms with Gasteiger partial charge in [0, 0.05) is 18.6 Å². The van der Waals surface area contributed by atoms with Crippen molar-refractivity contribution in [2.45, 2.75) is 36.3 Å². The number of nitrogens with zero attached hydrogens (tertiary/aromatic N) is 4. The summed E-state index contributed by atoms with van der Waals surface area (Å²) in [6.45, 7) is 0.759. The molecule has 2 aromatic rings. The predicted molar refractivity (Wildman–Crippen MR) is 81.5 cm³/mol. The number of hydrogen-bond donors (Lipinski definition) is 1. The minimum absolute atomic E-state index is 0.0408. The van der Waals surface area contributed by atoms with Crippen molar-refractivity contribution in [3.8, 4) is 0 Å². The summed E-state index contributed by atoms with van der Waals surface area (Å²) in [5, 5.41) is 9.48. The first kappa shape index (κ1) is 14.6. The molecule has 3 heterocycles. The van der Waals surface area contributed by atoms with Crippen LogP contribution in [0.2, 0.25) is 5.15 Å². The SMILES string of the molecule is Nn1c(SCc2ccnc(Cl)c2)nnc1[C@H]1CCCCO1. The molecule has 21 heavy (non-hydrogen) atoms. The van der Waals surface area contributed by atoms with Gasteiger partial charge in [0.05, 0.1) is 0 Å². The van der Waals surface area contributed by atoms with Gasteiger partial charge in [-0.2, -0.15) is 0 Å². The van der Waals surface area contributed by atoms with Gasteiger partial charge in [-0.3, -0.25) is 0 Å². The van der Waals surface area contributed by atoms with Crippen LogP contribution in [0, 0.1) is 0 Å². The number of thioether (sulfide) groups is 1. The standard InChI is InChI=1S/C13H16ClN5OS/c14-11-7-9(4-5-16-11)8-21-13-18-17-12(19(13)15)10-3-1-2-6-20-10/h4-5,7,10H,1-3,6,8,15H2/t10-/m1/s1. The lowest BCUT2D eigenvalue weighted by molar-refractivity contribution is 0.00780. The second-order valence-corrected chi connectivity index (χ2v) is 6.17. The highest BCUT2D eigenvalue weighted by Gasteiger charge is 2.23. The van der Waals surface area contributed by atoms with E-state index in [1.54, 1.807) is 6.20 Å². The van der Waals surface area contributed by atoms with Crippen LogP contribution >= 0.6 is 23.4 Å². The van der Waals surface area contributed by atoms with Crippen LogP contribution in [0.15, 0.2) is 23.5 Å². The number of pyridine rings is 1. The van der Waals surface area contributed by atoms with Crippen molar-refractivity contribution in [3.63, 3.8) is 0 Å². The molecule has 0 aliphatic carbocycles. The molecule has 0 radical (unpaired) electrons. The third-order valence-electron chi connectivity index (χ3n) is 3.32. The number of rotatable bonds is 4. The van der Waals surface area contributed by atoms with Crippen molar-refractivity contribution in [2.24, 2.45) is 0 Å². The van der Waals surface area contributed by atoms with Gasteiger partial charge in [0.1, 0.15) is 11.3 Å². The summed E-state index contributed by atoms with van der Waals surface area (Å²) < 4.78 is 7.23. The van der Waals surface area contributed by atoms with Gasteiger partial charge in [-0.1, -0.05) is 23.4 Å². The van der Waals surface area contributed by atoms with Crippen LogP contribution in [0.3, 0.4) is 0 Å². The summed E-state index contributed by atoms with van der Waals surface area (Å²) in [6, 6.07) is 3.75. The fraction of sp³-hybridized carbons (Fsp3) is 0.462. The fourth-order valence-electron chi connectivity index (χ4n) is 2.23. The molecule has 1 aliphatic heterocycles. The fourth-order valence-corrected chi connectivity index (χ4v) is 3.23. The third-order valence-corrected chi connectivity index (χ3v) is 4.54. The molecule has 1 atom stereocenters. The van der Waals surface area contributed by atoms with Gasteiger partial charge in [0.2, 0.25) is 5.16 Å². The Morgan fingerprint density at radius 1 is 1.43 bits per heavy atom. The monoisotopic (exact) mass is 325 g/mol. The normalized spacial score (nSPS) is 18.8. The number of aromatic nitrogens is 4. The van der Waals surface area contributed by atoms with Crippen LogP contribution in [-0.4, -0.2) is 26.5 Å². The maximum Gasteiger partial charge on any atom is 0.210 e. The second kappa shape index (κ2) is 6.64. The van der Waals surface area contributed by atoms with E-state index < -0.39 is 0 Å². The van der Waals surface area contributed by atoms with Crippen LogP contribution in [0.1, 0.15) is 36.8 Å². The topological polar surface area (TPSA) is 78.9 Å². The van der Waals surface area contributed by atoms with Crippen molar-refractivity contribution in [3.05, 3.63) is 34.9 Å². The molecule has 2 aromatic heterocycles. The molecular formula is C13H16ClN5OS. The largest absolute Gasteiger partial charge is 0.370 e. The van der Waals surface area contributed by atoms with E-state index in [0.717, 1.165) is 31.4 Å². The summed E-state index contributed by atoms with van der Waals surface area (Å²) in [7, 11) is 0. The lowest BCUT2D eigenvalue weighted by Crippen LogP contribution is -2.21. The van der Waals surface area contributed by atoms with Crippen molar-refractivity contribution < 1.29 is 4.74 Å². The molecule has 0 bridgehead atoms. The van der Waals surface area contributed by atoms with E-state index in [1.165, 1.54) is 16.4 Å². The van der Waals surface area contributed by atoms with Crippen molar-refractivity contribution in [1.82, 2.24) is 19.9 Å². The number of hydrogen-bond acceptors (Lipinski definition) is 6. The quantitative estimate of drug-likeness (QED) is 0.529. The van der Waals surface area contributed by atoms with Gasteiger partial charge < -0.3 is 10.6 Å². The van der Waals surface area contributed by atoms with Gasteiger partial charge in [-0.15, -0.1) is 10.2 Å². The molecule has 0 saturated carbocycles. The van der Waals surface area contributed by atoms with E-state index >= 15 is 0 Å². The Bertz CT molecular complexity index is 614. The van der Waals surface area contributed by atoms with Gasteiger partial charge in [-0.05, 0) is 37.0 Å². The Hall–Kier alpha value is -1.31. The van der Waals surface area contributed by atoms with Crippen LogP contribution in [0.4, 0.5) is 0 Å². The average molecular weight is 326 g/mol. The third kappa shape index (κ3) is 3.48. The maximum atomic E-state index is 6.08. The summed E-state index contributed by atoms with van der Waals surface area (Å²) in [5.74, 6) is 7.49. The Morgan fingerprint density at radius 2 is 2.33 bits per heavy atom. The zero-order valence-electron chi connectivity index (χ0n) is 11.4. The van der Waals surface area contributed by atoms with Crippen LogP contribution < -0.4 is 5.84 Å². The van der Waals surface area contributed by atoms with E-state index in [9.17, 15) is 0 Å². The highest BCUT2D eigenvalue weighted by Crippen LogP contribution is 2.28. The maximum absolute atomic E-state index is 6.08. The number of ether oxygens (including phenoxy) is 1. The predicted octanol–water partition coefficient (Wildman–Crippen LogP) is 2.57. The molecule has 2 N–H and O–H groups in total. The molecule has 0 spiro atoms. The Kier molecular flexibility index (Phi) is 4.62. The van der Waals surface area contributed by atoms with Crippen LogP contribution in [0.5, 0.6) is 0 Å². The first-order valence-corrected chi connectivity index (χ1v) is 8.15. The first-order chi connectivity index (χ1) is 10.2. The molecule has 112 valence electrons. The van der Waals surface area contributed by atoms with Gasteiger partial charge in [0.15, 0.2) is 5.82 Å². The summed E-state index contributed by atoms with van der Waals surface area (Å²) in [5.41, 5.74) is 1.07. The van der Waals surface area contributed by atoms with Crippen molar-refractivity contribution >= 4 is 23.4 Å². The molecule has 1 fully saturated rings. The Morgan fingerprint density at radius 3 is 3.10 bits per heavy atom. The van der Waals surface area contributed by atoms with Crippen molar-refractivity contribution in [1.29, 1.82) is 0 Å². The number of nitrogen functional groups attached to an aromatic ring is 1. The summed E-state index contributed by atoms with van der Waals surface area (Å²) >= 11 is 7.38. The molecule has 3 rings (SSSR count). The summed E-state index contributed by atoms with van der Waals surface area (Å²) in [4.78, 5) is 3.96. The number of nitrogens with two attached hydrogens (primary N) is 1. The van der Waals surface area contributed by atoms with E-state index in [2.05, 4.69) is 15.2 Å². The van der Waals surface area contributed by atoms with E-state index in [0.29, 0.717) is 21.9 Å². The molecular weight excluding hydrogens is 310 g/mol. The van der Waals surface area contributed by atoms with Crippen LogP contribution in [0.25, 0.3) is 0 Å². The minimum atomic E-state index is -0.0408. The molecule has 1 aliphatic rings. The molecule has 0 amide bonds. The van der Waals surface area contributed by atoms with Gasteiger partial charge in [0.25, 0.3) is 0 Å². The highest BCUT2D eigenvalue weighted by atomic mass is 35.5.